The molecule has 23 heavy (non-hydrogen) atoms. The second-order valence-electron chi connectivity index (χ2n) is 5.29. The van der Waals surface area contributed by atoms with Gasteiger partial charge in [0.2, 0.25) is 11.8 Å². The number of carbonyl (C=O) groups excluding carboxylic acids is 2. The van der Waals surface area contributed by atoms with Crippen LogP contribution in [-0.2, 0) is 16.0 Å². The molecule has 2 aromatic carbocycles. The molecule has 2 rings (SSSR count). The van der Waals surface area contributed by atoms with Crippen molar-refractivity contribution in [2.24, 2.45) is 0 Å². The summed E-state index contributed by atoms with van der Waals surface area (Å²) >= 11 is 6.00. The standard InChI is InChI=1S/C18H19ClN2O2/c1-3-13-5-8-14(9-6-13)20-17(22)11-18(23)21-15-7-4-12(2)16(19)10-15/h4-10H,3,11H2,1-2H3,(H,20,22)(H,21,23). The molecule has 0 bridgehead atoms. The van der Waals surface area contributed by atoms with E-state index in [9.17, 15) is 9.59 Å². The van der Waals surface area contributed by atoms with Crippen molar-refractivity contribution in [2.45, 2.75) is 26.7 Å². The minimum absolute atomic E-state index is 0.249. The van der Waals surface area contributed by atoms with Gasteiger partial charge in [-0.3, -0.25) is 9.59 Å². The average molecular weight is 331 g/mol. The van der Waals surface area contributed by atoms with Gasteiger partial charge in [-0.25, -0.2) is 0 Å². The third-order valence-electron chi connectivity index (χ3n) is 3.42. The molecule has 2 aromatic rings. The molecular weight excluding hydrogens is 312 g/mol. The normalized spacial score (nSPS) is 10.2. The molecule has 2 N–H and O–H groups in total. The Kier molecular flexibility index (Phi) is 5.77. The zero-order chi connectivity index (χ0) is 16.8. The first-order valence-corrected chi connectivity index (χ1v) is 7.80. The SMILES string of the molecule is CCc1ccc(NC(=O)CC(=O)Nc2ccc(C)c(Cl)c2)cc1. The third-order valence-corrected chi connectivity index (χ3v) is 3.83. The largest absolute Gasteiger partial charge is 0.326 e. The molecule has 0 spiro atoms. The van der Waals surface area contributed by atoms with Crippen LogP contribution in [0.5, 0.6) is 0 Å². The van der Waals surface area contributed by atoms with Gasteiger partial charge in [0.1, 0.15) is 6.42 Å². The fourth-order valence-electron chi connectivity index (χ4n) is 2.05. The Labute approximate surface area is 140 Å². The molecule has 0 fully saturated rings. The van der Waals surface area contributed by atoms with Crippen molar-refractivity contribution in [3.05, 3.63) is 58.6 Å². The second-order valence-corrected chi connectivity index (χ2v) is 5.69. The number of carbonyl (C=O) groups is 2. The summed E-state index contributed by atoms with van der Waals surface area (Å²) in [6.45, 7) is 3.94. The third kappa shape index (κ3) is 5.11. The van der Waals surface area contributed by atoms with E-state index in [4.69, 9.17) is 11.6 Å². The molecule has 2 amide bonds. The Hall–Kier alpha value is -2.33. The summed E-state index contributed by atoms with van der Waals surface area (Å²) in [5.41, 5.74) is 3.37. The highest BCUT2D eigenvalue weighted by Crippen LogP contribution is 2.20. The predicted molar refractivity (Wildman–Crippen MR) is 93.9 cm³/mol. The first kappa shape index (κ1) is 17.0. The van der Waals surface area contributed by atoms with E-state index in [0.717, 1.165) is 12.0 Å². The summed E-state index contributed by atoms with van der Waals surface area (Å²) in [6, 6.07) is 12.8. The van der Waals surface area contributed by atoms with Gasteiger partial charge in [-0.05, 0) is 48.7 Å². The molecule has 0 radical (unpaired) electrons. The Morgan fingerprint density at radius 2 is 1.52 bits per heavy atom. The summed E-state index contributed by atoms with van der Waals surface area (Å²) in [6.07, 6.45) is 0.691. The first-order chi connectivity index (χ1) is 11.0. The van der Waals surface area contributed by atoms with Gasteiger partial charge in [0.25, 0.3) is 0 Å². The van der Waals surface area contributed by atoms with Gasteiger partial charge in [0, 0.05) is 16.4 Å². The molecule has 0 saturated heterocycles. The highest BCUT2D eigenvalue weighted by Gasteiger charge is 2.10. The van der Waals surface area contributed by atoms with Crippen molar-refractivity contribution in [1.82, 2.24) is 0 Å². The molecule has 0 aromatic heterocycles. The maximum Gasteiger partial charge on any atom is 0.233 e. The fraction of sp³-hybridized carbons (Fsp3) is 0.222. The van der Waals surface area contributed by atoms with Crippen molar-refractivity contribution in [3.63, 3.8) is 0 Å². The smallest absolute Gasteiger partial charge is 0.233 e. The van der Waals surface area contributed by atoms with E-state index in [1.54, 1.807) is 12.1 Å². The lowest BCUT2D eigenvalue weighted by Crippen LogP contribution is -2.21. The Balaban J connectivity index is 1.88. The van der Waals surface area contributed by atoms with Crippen molar-refractivity contribution in [3.8, 4) is 0 Å². The van der Waals surface area contributed by atoms with E-state index in [1.165, 1.54) is 5.56 Å². The van der Waals surface area contributed by atoms with Gasteiger partial charge in [0.15, 0.2) is 0 Å². The number of hydrogen-bond acceptors (Lipinski definition) is 2. The summed E-state index contributed by atoms with van der Waals surface area (Å²) in [4.78, 5) is 23.8. The number of nitrogens with one attached hydrogen (secondary N) is 2. The van der Waals surface area contributed by atoms with Gasteiger partial charge in [-0.1, -0.05) is 36.7 Å². The van der Waals surface area contributed by atoms with E-state index in [1.807, 2.05) is 37.3 Å². The van der Waals surface area contributed by atoms with Crippen LogP contribution in [0.1, 0.15) is 24.5 Å². The summed E-state index contributed by atoms with van der Waals surface area (Å²) in [7, 11) is 0. The topological polar surface area (TPSA) is 58.2 Å². The Morgan fingerprint density at radius 1 is 0.957 bits per heavy atom. The number of rotatable bonds is 5. The minimum atomic E-state index is -0.382. The highest BCUT2D eigenvalue weighted by molar-refractivity contribution is 6.31. The van der Waals surface area contributed by atoms with Crippen LogP contribution in [0.2, 0.25) is 5.02 Å². The monoisotopic (exact) mass is 330 g/mol. The summed E-state index contributed by atoms with van der Waals surface area (Å²) in [5, 5.41) is 5.94. The lowest BCUT2D eigenvalue weighted by Gasteiger charge is -2.08. The number of amides is 2. The van der Waals surface area contributed by atoms with E-state index < -0.39 is 0 Å². The van der Waals surface area contributed by atoms with Gasteiger partial charge in [-0.2, -0.15) is 0 Å². The fourth-order valence-corrected chi connectivity index (χ4v) is 2.23. The first-order valence-electron chi connectivity index (χ1n) is 7.42. The maximum atomic E-state index is 11.9. The molecule has 0 aliphatic heterocycles. The second kappa shape index (κ2) is 7.79. The van der Waals surface area contributed by atoms with Crippen LogP contribution in [0.15, 0.2) is 42.5 Å². The van der Waals surface area contributed by atoms with E-state index in [2.05, 4.69) is 17.6 Å². The van der Waals surface area contributed by atoms with Crippen molar-refractivity contribution >= 4 is 34.8 Å². The van der Waals surface area contributed by atoms with Crippen LogP contribution in [0, 0.1) is 6.92 Å². The summed E-state index contributed by atoms with van der Waals surface area (Å²) in [5.74, 6) is -0.738. The van der Waals surface area contributed by atoms with Gasteiger partial charge >= 0.3 is 0 Å². The number of anilines is 2. The minimum Gasteiger partial charge on any atom is -0.326 e. The zero-order valence-electron chi connectivity index (χ0n) is 13.2. The van der Waals surface area contributed by atoms with Crippen LogP contribution in [0.25, 0.3) is 0 Å². The Morgan fingerprint density at radius 3 is 2.09 bits per heavy atom. The summed E-state index contributed by atoms with van der Waals surface area (Å²) < 4.78 is 0. The van der Waals surface area contributed by atoms with E-state index in [0.29, 0.717) is 16.4 Å². The predicted octanol–water partition coefficient (Wildman–Crippen LogP) is 4.18. The average Bonchev–Trinajstić information content (AvgIpc) is 2.51. The number of benzene rings is 2. The molecule has 5 heteroatoms. The lowest BCUT2D eigenvalue weighted by molar-refractivity contribution is -0.123. The van der Waals surface area contributed by atoms with Crippen molar-refractivity contribution in [2.75, 3.05) is 10.6 Å². The van der Waals surface area contributed by atoms with Crippen LogP contribution in [0.4, 0.5) is 11.4 Å². The van der Waals surface area contributed by atoms with Crippen LogP contribution < -0.4 is 10.6 Å². The van der Waals surface area contributed by atoms with Crippen LogP contribution in [-0.4, -0.2) is 11.8 Å². The van der Waals surface area contributed by atoms with Crippen LogP contribution in [0.3, 0.4) is 0 Å². The molecule has 0 unspecified atom stereocenters. The quantitative estimate of drug-likeness (QED) is 0.808. The number of halogens is 1. The number of hydrogen-bond donors (Lipinski definition) is 2. The molecule has 0 saturated carbocycles. The molecular formula is C18H19ClN2O2. The molecule has 0 aliphatic rings. The molecule has 0 heterocycles. The van der Waals surface area contributed by atoms with Gasteiger partial charge < -0.3 is 10.6 Å². The van der Waals surface area contributed by atoms with Crippen molar-refractivity contribution in [1.29, 1.82) is 0 Å². The van der Waals surface area contributed by atoms with Gasteiger partial charge in [0.05, 0.1) is 0 Å². The number of aryl methyl sites for hydroxylation is 2. The Bertz CT molecular complexity index is 711. The van der Waals surface area contributed by atoms with Crippen LogP contribution >= 0.6 is 11.6 Å². The molecule has 0 atom stereocenters. The maximum absolute atomic E-state index is 11.9. The highest BCUT2D eigenvalue weighted by atomic mass is 35.5. The molecule has 0 aliphatic carbocycles. The zero-order valence-corrected chi connectivity index (χ0v) is 13.9. The molecule has 120 valence electrons. The van der Waals surface area contributed by atoms with Gasteiger partial charge in [-0.15, -0.1) is 0 Å². The van der Waals surface area contributed by atoms with E-state index in [-0.39, 0.29) is 18.2 Å². The molecule has 4 nitrogen and oxygen atoms in total. The van der Waals surface area contributed by atoms with E-state index >= 15 is 0 Å². The lowest BCUT2D eigenvalue weighted by atomic mass is 10.1. The van der Waals surface area contributed by atoms with Crippen molar-refractivity contribution < 1.29 is 9.59 Å².